The molecular weight excluding hydrogens is 384 g/mol. The maximum Gasteiger partial charge on any atom is 0.419 e. The number of benzene rings is 2. The van der Waals surface area contributed by atoms with Crippen LogP contribution in [0.3, 0.4) is 0 Å². The summed E-state index contributed by atoms with van der Waals surface area (Å²) >= 11 is 1.04. The molecule has 4 rings (SSSR count). The zero-order chi connectivity index (χ0) is 19.6. The minimum absolute atomic E-state index is 0.183. The van der Waals surface area contributed by atoms with Crippen LogP contribution in [-0.4, -0.2) is 17.1 Å². The molecule has 2 heterocycles. The van der Waals surface area contributed by atoms with Gasteiger partial charge in [-0.3, -0.25) is 14.5 Å². The Kier molecular flexibility index (Phi) is 3.78. The summed E-state index contributed by atoms with van der Waals surface area (Å²) in [7, 11) is 0. The highest BCUT2D eigenvalue weighted by Gasteiger charge is 2.61. The summed E-state index contributed by atoms with van der Waals surface area (Å²) in [6, 6.07) is 8.99. The fourth-order valence-corrected chi connectivity index (χ4v) is 4.91. The Morgan fingerprint density at radius 3 is 2.56 bits per heavy atom. The van der Waals surface area contributed by atoms with E-state index in [0.29, 0.717) is 23.4 Å². The Balaban J connectivity index is 1.94. The van der Waals surface area contributed by atoms with E-state index in [1.165, 1.54) is 0 Å². The highest BCUT2D eigenvalue weighted by molar-refractivity contribution is 8.03. The highest BCUT2D eigenvalue weighted by Crippen LogP contribution is 2.56. The predicted octanol–water partition coefficient (Wildman–Crippen LogP) is 4.12. The summed E-state index contributed by atoms with van der Waals surface area (Å²) in [5.41, 5.74) is -0.702. The van der Waals surface area contributed by atoms with Gasteiger partial charge in [-0.2, -0.15) is 13.2 Å². The summed E-state index contributed by atoms with van der Waals surface area (Å²) in [5.74, 6) is -2.49. The maximum atomic E-state index is 13.7. The van der Waals surface area contributed by atoms with Crippen molar-refractivity contribution < 1.29 is 27.2 Å². The van der Waals surface area contributed by atoms with Crippen LogP contribution in [0.15, 0.2) is 42.5 Å². The lowest BCUT2D eigenvalue weighted by atomic mass is 10.0. The van der Waals surface area contributed by atoms with Crippen LogP contribution in [0.4, 0.5) is 28.9 Å². The fourth-order valence-electron chi connectivity index (χ4n) is 3.43. The van der Waals surface area contributed by atoms with E-state index >= 15 is 0 Å². The molecule has 2 amide bonds. The molecule has 1 fully saturated rings. The SMILES string of the molecule is C[C@H]1S[C@@]2(C(=O)Nc3ccccc32)N(c2ccc(F)c(C(F)(F)F)c2)C1=O. The number of carbonyl (C=O) groups is 2. The second kappa shape index (κ2) is 5.72. The average Bonchev–Trinajstić information content (AvgIpc) is 3.02. The van der Waals surface area contributed by atoms with Gasteiger partial charge in [0.1, 0.15) is 5.82 Å². The van der Waals surface area contributed by atoms with E-state index in [4.69, 9.17) is 0 Å². The standard InChI is InChI=1S/C18H12F4N2O2S/c1-9-15(25)24(10-6-7-13(19)12(8-10)18(20,21)22)17(27-9)11-4-2-3-5-14(11)23-16(17)26/h2-9H,1H3,(H,23,26)/t9-,17+/m1/s1. The van der Waals surface area contributed by atoms with Crippen LogP contribution in [0, 0.1) is 5.82 Å². The number of anilines is 2. The molecule has 2 aromatic rings. The van der Waals surface area contributed by atoms with Crippen LogP contribution in [-0.2, 0) is 20.6 Å². The van der Waals surface area contributed by atoms with Crippen molar-refractivity contribution in [3.63, 3.8) is 0 Å². The molecule has 0 radical (unpaired) electrons. The molecule has 1 N–H and O–H groups in total. The van der Waals surface area contributed by atoms with Gasteiger partial charge in [-0.25, -0.2) is 4.39 Å². The third-order valence-electron chi connectivity index (χ3n) is 4.59. The third-order valence-corrected chi connectivity index (χ3v) is 6.08. The quantitative estimate of drug-likeness (QED) is 0.738. The first-order valence-electron chi connectivity index (χ1n) is 7.96. The second-order valence-electron chi connectivity index (χ2n) is 6.24. The predicted molar refractivity (Wildman–Crippen MR) is 92.7 cm³/mol. The molecule has 27 heavy (non-hydrogen) atoms. The molecule has 0 saturated carbocycles. The number of nitrogens with one attached hydrogen (secondary N) is 1. The van der Waals surface area contributed by atoms with E-state index in [1.807, 2.05) is 0 Å². The molecule has 1 saturated heterocycles. The Bertz CT molecular complexity index is 978. The van der Waals surface area contributed by atoms with Crippen molar-refractivity contribution in [3.05, 3.63) is 59.4 Å². The molecule has 2 aliphatic rings. The van der Waals surface area contributed by atoms with Crippen LogP contribution in [0.5, 0.6) is 0 Å². The molecule has 9 heteroatoms. The molecule has 0 aromatic heterocycles. The first-order chi connectivity index (χ1) is 12.7. The van der Waals surface area contributed by atoms with Crippen molar-refractivity contribution in [2.24, 2.45) is 0 Å². The second-order valence-corrected chi connectivity index (χ2v) is 7.77. The smallest absolute Gasteiger partial charge is 0.323 e. The molecule has 4 nitrogen and oxygen atoms in total. The number of thioether (sulfide) groups is 1. The topological polar surface area (TPSA) is 49.4 Å². The number of alkyl halides is 3. The van der Waals surface area contributed by atoms with Gasteiger partial charge in [-0.1, -0.05) is 18.2 Å². The number of rotatable bonds is 1. The monoisotopic (exact) mass is 396 g/mol. The van der Waals surface area contributed by atoms with Crippen LogP contribution in [0.1, 0.15) is 18.1 Å². The first kappa shape index (κ1) is 17.8. The van der Waals surface area contributed by atoms with Crippen molar-refractivity contribution in [3.8, 4) is 0 Å². The molecule has 2 atom stereocenters. The number of nitrogens with zero attached hydrogens (tertiary/aromatic N) is 1. The lowest BCUT2D eigenvalue weighted by Crippen LogP contribution is -2.47. The Hall–Kier alpha value is -2.55. The van der Waals surface area contributed by atoms with Crippen molar-refractivity contribution in [2.45, 2.75) is 23.2 Å². The zero-order valence-electron chi connectivity index (χ0n) is 13.8. The van der Waals surface area contributed by atoms with Gasteiger partial charge < -0.3 is 5.32 Å². The molecule has 0 aliphatic carbocycles. The maximum absolute atomic E-state index is 13.7. The van der Waals surface area contributed by atoms with Crippen LogP contribution in [0.25, 0.3) is 0 Å². The molecule has 2 aromatic carbocycles. The summed E-state index contributed by atoms with van der Waals surface area (Å²) in [5, 5.41) is 2.01. The molecule has 0 unspecified atom stereocenters. The van der Waals surface area contributed by atoms with Crippen LogP contribution in [0.2, 0.25) is 0 Å². The molecule has 2 aliphatic heterocycles. The van der Waals surface area contributed by atoms with Gasteiger partial charge in [0, 0.05) is 16.9 Å². The van der Waals surface area contributed by atoms with E-state index in [1.54, 1.807) is 31.2 Å². The van der Waals surface area contributed by atoms with Gasteiger partial charge in [0.25, 0.3) is 5.91 Å². The number of amides is 2. The van der Waals surface area contributed by atoms with Crippen LogP contribution >= 0.6 is 11.8 Å². The zero-order valence-corrected chi connectivity index (χ0v) is 14.6. The van der Waals surface area contributed by atoms with Gasteiger partial charge in [-0.05, 0) is 31.2 Å². The Morgan fingerprint density at radius 1 is 1.15 bits per heavy atom. The van der Waals surface area contributed by atoms with Gasteiger partial charge in [0.15, 0.2) is 0 Å². The number of hydrogen-bond donors (Lipinski definition) is 1. The number of fused-ring (bicyclic) bond motifs is 2. The van der Waals surface area contributed by atoms with Crippen molar-refractivity contribution in [1.29, 1.82) is 0 Å². The Labute approximate surface area is 155 Å². The summed E-state index contributed by atoms with van der Waals surface area (Å²) in [6.07, 6.45) is -4.93. The van der Waals surface area contributed by atoms with E-state index in [9.17, 15) is 27.2 Å². The number of halogens is 4. The van der Waals surface area contributed by atoms with Gasteiger partial charge in [0.05, 0.1) is 10.8 Å². The van der Waals surface area contributed by atoms with Crippen molar-refractivity contribution >= 4 is 35.0 Å². The molecule has 0 bridgehead atoms. The Morgan fingerprint density at radius 2 is 1.85 bits per heavy atom. The lowest BCUT2D eigenvalue weighted by Gasteiger charge is -2.32. The largest absolute Gasteiger partial charge is 0.419 e. The number of hydrogen-bond acceptors (Lipinski definition) is 3. The molecule has 140 valence electrons. The molecule has 1 spiro atoms. The van der Waals surface area contributed by atoms with Crippen molar-refractivity contribution in [2.75, 3.05) is 10.2 Å². The van der Waals surface area contributed by atoms with Gasteiger partial charge in [-0.15, -0.1) is 11.8 Å². The molecular formula is C18H12F4N2O2S. The highest BCUT2D eigenvalue weighted by atomic mass is 32.2. The number of para-hydroxylation sites is 1. The number of carbonyl (C=O) groups excluding carboxylic acids is 2. The van der Waals surface area contributed by atoms with Gasteiger partial charge >= 0.3 is 6.18 Å². The fraction of sp³-hybridized carbons (Fsp3) is 0.222. The van der Waals surface area contributed by atoms with E-state index in [-0.39, 0.29) is 5.69 Å². The summed E-state index contributed by atoms with van der Waals surface area (Å²) < 4.78 is 53.1. The lowest BCUT2D eigenvalue weighted by molar-refractivity contribution is -0.140. The van der Waals surface area contributed by atoms with Crippen LogP contribution < -0.4 is 10.2 Å². The van der Waals surface area contributed by atoms with Crippen molar-refractivity contribution in [1.82, 2.24) is 0 Å². The minimum Gasteiger partial charge on any atom is -0.323 e. The average molecular weight is 396 g/mol. The van der Waals surface area contributed by atoms with Gasteiger partial charge in [0.2, 0.25) is 10.8 Å². The van der Waals surface area contributed by atoms with E-state index < -0.39 is 39.5 Å². The van der Waals surface area contributed by atoms with E-state index in [2.05, 4.69) is 5.32 Å². The first-order valence-corrected chi connectivity index (χ1v) is 8.84. The summed E-state index contributed by atoms with van der Waals surface area (Å²) in [6.45, 7) is 1.58. The van der Waals surface area contributed by atoms with E-state index in [0.717, 1.165) is 22.7 Å². The summed E-state index contributed by atoms with van der Waals surface area (Å²) in [4.78, 5) is 25.2. The third kappa shape index (κ3) is 2.44. The normalized spacial score (nSPS) is 24.5. The minimum atomic E-state index is -4.93.